The largest absolute Gasteiger partial charge is 0.456 e. The topological polar surface area (TPSA) is 94.2 Å². The number of aryl methyl sites for hydroxylation is 1. The second kappa shape index (κ2) is 8.27. The Morgan fingerprint density at radius 2 is 1.84 bits per heavy atom. The number of rotatable bonds is 6. The van der Waals surface area contributed by atoms with Crippen LogP contribution in [0, 0.1) is 6.92 Å². The van der Waals surface area contributed by atoms with Crippen LogP contribution >= 0.6 is 0 Å². The van der Waals surface area contributed by atoms with Gasteiger partial charge in [-0.2, -0.15) is 5.10 Å². The molecule has 2 heterocycles. The van der Waals surface area contributed by atoms with Gasteiger partial charge in [-0.05, 0) is 45.0 Å². The molecule has 32 heavy (non-hydrogen) atoms. The van der Waals surface area contributed by atoms with Gasteiger partial charge in [0, 0.05) is 34.5 Å². The van der Waals surface area contributed by atoms with Crippen LogP contribution < -0.4 is 5.32 Å². The van der Waals surface area contributed by atoms with E-state index in [1.54, 1.807) is 22.9 Å². The number of nitrogens with zero attached hydrogens (tertiary/aromatic N) is 2. The van der Waals surface area contributed by atoms with E-state index in [9.17, 15) is 13.2 Å². The Labute approximate surface area is 187 Å². The average Bonchev–Trinajstić information content (AvgIpc) is 3.31. The lowest BCUT2D eigenvalue weighted by atomic mass is 10.1. The number of furan rings is 1. The molecule has 0 aliphatic rings. The highest BCUT2D eigenvalue weighted by atomic mass is 32.2. The fourth-order valence-electron chi connectivity index (χ4n) is 3.55. The van der Waals surface area contributed by atoms with E-state index in [0.717, 1.165) is 11.3 Å². The molecule has 0 unspecified atom stereocenters. The van der Waals surface area contributed by atoms with Gasteiger partial charge in [0.1, 0.15) is 17.0 Å². The summed E-state index contributed by atoms with van der Waals surface area (Å²) < 4.78 is 32.5. The fourth-order valence-corrected chi connectivity index (χ4v) is 4.25. The van der Waals surface area contributed by atoms with E-state index in [2.05, 4.69) is 10.4 Å². The van der Waals surface area contributed by atoms with Crippen LogP contribution in [0.2, 0.25) is 0 Å². The van der Waals surface area contributed by atoms with Crippen LogP contribution in [0.25, 0.3) is 22.3 Å². The first kappa shape index (κ1) is 21.8. The Morgan fingerprint density at radius 1 is 1.12 bits per heavy atom. The molecule has 0 saturated carbocycles. The van der Waals surface area contributed by atoms with Gasteiger partial charge < -0.3 is 9.73 Å². The number of amides is 1. The molecule has 4 rings (SSSR count). The first-order valence-corrected chi connectivity index (χ1v) is 12.2. The summed E-state index contributed by atoms with van der Waals surface area (Å²) in [5, 5.41) is 7.96. The van der Waals surface area contributed by atoms with Gasteiger partial charge in [0.2, 0.25) is 0 Å². The third-order valence-electron chi connectivity index (χ3n) is 5.11. The molecule has 2 aromatic carbocycles. The second-order valence-electron chi connectivity index (χ2n) is 8.21. The van der Waals surface area contributed by atoms with Gasteiger partial charge in [-0.3, -0.25) is 9.48 Å². The van der Waals surface area contributed by atoms with Crippen LogP contribution in [0.15, 0.2) is 63.9 Å². The van der Waals surface area contributed by atoms with Crippen molar-refractivity contribution in [1.82, 2.24) is 15.1 Å². The van der Waals surface area contributed by atoms with Crippen molar-refractivity contribution in [1.29, 1.82) is 0 Å². The standard InChI is InChI=1S/C24H25N3O4S/c1-15(2)25-24(28)21-10-16(3)27(26-21)14-19-12-20(32(4,29)30)11-18-13-22(31-23(18)19)17-8-6-5-7-9-17/h5-13,15H,14H2,1-4H3,(H,25,28). The maximum absolute atomic E-state index is 12.3. The molecule has 7 nitrogen and oxygen atoms in total. The molecule has 0 fully saturated rings. The molecule has 166 valence electrons. The average molecular weight is 452 g/mol. The third-order valence-corrected chi connectivity index (χ3v) is 6.20. The maximum atomic E-state index is 12.3. The van der Waals surface area contributed by atoms with E-state index in [-0.39, 0.29) is 23.4 Å². The second-order valence-corrected chi connectivity index (χ2v) is 10.2. The fraction of sp³-hybridized carbons (Fsp3) is 0.250. The number of hydrogen-bond acceptors (Lipinski definition) is 5. The van der Waals surface area contributed by atoms with Gasteiger partial charge >= 0.3 is 0 Å². The lowest BCUT2D eigenvalue weighted by Crippen LogP contribution is -2.30. The smallest absolute Gasteiger partial charge is 0.271 e. The Kier molecular flexibility index (Phi) is 5.64. The van der Waals surface area contributed by atoms with Crippen LogP contribution in [0.5, 0.6) is 0 Å². The van der Waals surface area contributed by atoms with Crippen molar-refractivity contribution in [3.8, 4) is 11.3 Å². The summed E-state index contributed by atoms with van der Waals surface area (Å²) in [7, 11) is -3.43. The molecule has 8 heteroatoms. The van der Waals surface area contributed by atoms with E-state index in [1.807, 2.05) is 57.2 Å². The first-order valence-electron chi connectivity index (χ1n) is 10.3. The van der Waals surface area contributed by atoms with Crippen LogP contribution in [0.4, 0.5) is 0 Å². The van der Waals surface area contributed by atoms with E-state index < -0.39 is 9.84 Å². The summed E-state index contributed by atoms with van der Waals surface area (Å²) in [4.78, 5) is 12.6. The predicted molar refractivity (Wildman–Crippen MR) is 123 cm³/mol. The number of benzene rings is 2. The highest BCUT2D eigenvalue weighted by molar-refractivity contribution is 7.90. The summed E-state index contributed by atoms with van der Waals surface area (Å²) in [6, 6.07) is 16.4. The van der Waals surface area contributed by atoms with Gasteiger partial charge in [-0.1, -0.05) is 30.3 Å². The number of aromatic nitrogens is 2. The van der Waals surface area contributed by atoms with Gasteiger partial charge in [-0.15, -0.1) is 0 Å². The first-order chi connectivity index (χ1) is 15.1. The lowest BCUT2D eigenvalue weighted by Gasteiger charge is -2.08. The number of nitrogens with one attached hydrogen (secondary N) is 1. The molecule has 0 radical (unpaired) electrons. The molecule has 0 aliphatic heterocycles. The third kappa shape index (κ3) is 4.45. The van der Waals surface area contributed by atoms with Crippen molar-refractivity contribution in [2.75, 3.05) is 6.26 Å². The van der Waals surface area contributed by atoms with E-state index in [1.165, 1.54) is 6.26 Å². The summed E-state index contributed by atoms with van der Waals surface area (Å²) in [6.45, 7) is 5.89. The molecule has 0 spiro atoms. The lowest BCUT2D eigenvalue weighted by molar-refractivity contribution is 0.0937. The summed E-state index contributed by atoms with van der Waals surface area (Å²) in [6.07, 6.45) is 1.18. The Hall–Kier alpha value is -3.39. The Bertz CT molecular complexity index is 1400. The minimum absolute atomic E-state index is 0.00134. The number of fused-ring (bicyclic) bond motifs is 1. The molecule has 4 aromatic rings. The molecule has 0 bridgehead atoms. The quantitative estimate of drug-likeness (QED) is 0.474. The molecular weight excluding hydrogens is 426 g/mol. The van der Waals surface area contributed by atoms with Crippen molar-refractivity contribution < 1.29 is 17.6 Å². The predicted octanol–water partition coefficient (Wildman–Crippen LogP) is 4.19. The monoisotopic (exact) mass is 451 g/mol. The van der Waals surface area contributed by atoms with Gasteiger partial charge in [-0.25, -0.2) is 8.42 Å². The Balaban J connectivity index is 1.80. The number of carbonyl (C=O) groups is 1. The zero-order valence-electron chi connectivity index (χ0n) is 18.4. The van der Waals surface area contributed by atoms with E-state index >= 15 is 0 Å². The van der Waals surface area contributed by atoms with Gasteiger partial charge in [0.25, 0.3) is 5.91 Å². The van der Waals surface area contributed by atoms with Crippen LogP contribution in [0.3, 0.4) is 0 Å². The normalized spacial score (nSPS) is 11.9. The molecule has 0 saturated heterocycles. The SMILES string of the molecule is Cc1cc(C(=O)NC(C)C)nn1Cc1cc(S(C)(=O)=O)cc2cc(-c3ccccc3)oc12. The van der Waals surface area contributed by atoms with E-state index in [4.69, 9.17) is 4.42 Å². The number of sulfone groups is 1. The summed E-state index contributed by atoms with van der Waals surface area (Å²) in [5.74, 6) is 0.405. The van der Waals surface area contributed by atoms with Crippen molar-refractivity contribution in [3.63, 3.8) is 0 Å². The molecule has 1 N–H and O–H groups in total. The molecule has 2 aromatic heterocycles. The van der Waals surface area contributed by atoms with Crippen molar-refractivity contribution >= 4 is 26.7 Å². The van der Waals surface area contributed by atoms with E-state index in [0.29, 0.717) is 28.0 Å². The minimum atomic E-state index is -3.43. The number of carbonyl (C=O) groups excluding carboxylic acids is 1. The van der Waals surface area contributed by atoms with Crippen LogP contribution in [-0.2, 0) is 16.4 Å². The van der Waals surface area contributed by atoms with Crippen LogP contribution in [0.1, 0.15) is 35.6 Å². The van der Waals surface area contributed by atoms with Crippen molar-refractivity contribution in [2.24, 2.45) is 0 Å². The maximum Gasteiger partial charge on any atom is 0.271 e. The molecule has 0 atom stereocenters. The van der Waals surface area contributed by atoms with Gasteiger partial charge in [0.05, 0.1) is 11.4 Å². The summed E-state index contributed by atoms with van der Waals surface area (Å²) in [5.41, 5.74) is 3.27. The molecular formula is C24H25N3O4S. The number of hydrogen-bond donors (Lipinski definition) is 1. The van der Waals surface area contributed by atoms with Crippen molar-refractivity contribution in [3.05, 3.63) is 71.5 Å². The highest BCUT2D eigenvalue weighted by Gasteiger charge is 2.19. The van der Waals surface area contributed by atoms with Crippen LogP contribution in [-0.4, -0.2) is 36.4 Å². The van der Waals surface area contributed by atoms with Crippen molar-refractivity contribution in [2.45, 2.75) is 38.3 Å². The summed E-state index contributed by atoms with van der Waals surface area (Å²) >= 11 is 0. The van der Waals surface area contributed by atoms with Gasteiger partial charge in [0.15, 0.2) is 9.84 Å². The highest BCUT2D eigenvalue weighted by Crippen LogP contribution is 2.32. The zero-order chi connectivity index (χ0) is 23.0. The minimum Gasteiger partial charge on any atom is -0.456 e. The molecule has 1 amide bonds. The zero-order valence-corrected chi connectivity index (χ0v) is 19.2. The molecule has 0 aliphatic carbocycles. The Morgan fingerprint density at radius 3 is 2.50 bits per heavy atom.